The molecule has 1 heterocycles. The molecule has 0 atom stereocenters. The molecule has 1 aromatic rings. The monoisotopic (exact) mass is 223 g/mol. The Labute approximate surface area is 94.4 Å². The minimum Gasteiger partial charge on any atom is -0.331 e. The zero-order chi connectivity index (χ0) is 11.4. The van der Waals surface area contributed by atoms with E-state index in [2.05, 4.69) is 10.1 Å². The summed E-state index contributed by atoms with van der Waals surface area (Å²) in [7, 11) is 0. The van der Waals surface area contributed by atoms with E-state index in [9.17, 15) is 4.79 Å². The van der Waals surface area contributed by atoms with Crippen molar-refractivity contribution in [3.63, 3.8) is 0 Å². The minimum atomic E-state index is 0.0537. The molecule has 1 saturated carbocycles. The molecule has 2 rings (SSSR count). The maximum atomic E-state index is 10.4. The van der Waals surface area contributed by atoms with Gasteiger partial charge in [-0.1, -0.05) is 24.4 Å². The molecular formula is C11H17N3O2. The zero-order valence-corrected chi connectivity index (χ0v) is 9.32. The molecule has 5 nitrogen and oxygen atoms in total. The average molecular weight is 223 g/mol. The lowest BCUT2D eigenvalue weighted by Crippen LogP contribution is -2.35. The van der Waals surface area contributed by atoms with E-state index in [0.717, 1.165) is 19.3 Å². The van der Waals surface area contributed by atoms with E-state index in [1.54, 1.807) is 0 Å². The fourth-order valence-electron chi connectivity index (χ4n) is 2.48. The summed E-state index contributed by atoms with van der Waals surface area (Å²) in [6, 6.07) is 0. The van der Waals surface area contributed by atoms with Crippen molar-refractivity contribution in [1.29, 1.82) is 0 Å². The standard InChI is InChI=1S/C11H17N3O2/c12-8-11(4-2-1-3-5-11)6-9-13-10(7-15)16-14-9/h7H,1-6,8,12H2. The first-order chi connectivity index (χ1) is 7.78. The molecule has 1 fully saturated rings. The fourth-order valence-corrected chi connectivity index (χ4v) is 2.48. The molecule has 88 valence electrons. The molecule has 0 spiro atoms. The molecule has 0 aliphatic heterocycles. The second-order valence-electron chi connectivity index (χ2n) is 4.61. The SMILES string of the molecule is NCC1(Cc2noc(C=O)n2)CCCCC1. The summed E-state index contributed by atoms with van der Waals surface area (Å²) in [6.45, 7) is 0.651. The third kappa shape index (κ3) is 2.29. The molecule has 1 aliphatic rings. The molecular weight excluding hydrogens is 206 g/mol. The summed E-state index contributed by atoms with van der Waals surface area (Å²) in [6.07, 6.45) is 7.26. The van der Waals surface area contributed by atoms with Crippen LogP contribution in [0.2, 0.25) is 0 Å². The van der Waals surface area contributed by atoms with Crippen molar-refractivity contribution >= 4 is 6.29 Å². The minimum absolute atomic E-state index is 0.0537. The summed E-state index contributed by atoms with van der Waals surface area (Å²) in [4.78, 5) is 14.5. The van der Waals surface area contributed by atoms with Crippen LogP contribution in [0.5, 0.6) is 0 Å². The van der Waals surface area contributed by atoms with Crippen molar-refractivity contribution < 1.29 is 9.32 Å². The van der Waals surface area contributed by atoms with Gasteiger partial charge in [-0.2, -0.15) is 4.98 Å². The van der Waals surface area contributed by atoms with Crippen LogP contribution in [0.1, 0.15) is 48.6 Å². The van der Waals surface area contributed by atoms with Gasteiger partial charge in [0.05, 0.1) is 0 Å². The molecule has 0 saturated heterocycles. The number of hydrogen-bond donors (Lipinski definition) is 1. The first kappa shape index (κ1) is 11.3. The molecule has 0 aromatic carbocycles. The Kier molecular flexibility index (Phi) is 3.33. The zero-order valence-electron chi connectivity index (χ0n) is 9.32. The number of hydrogen-bond acceptors (Lipinski definition) is 5. The third-order valence-corrected chi connectivity index (χ3v) is 3.46. The number of aromatic nitrogens is 2. The van der Waals surface area contributed by atoms with Gasteiger partial charge in [-0.05, 0) is 24.8 Å². The average Bonchev–Trinajstić information content (AvgIpc) is 2.78. The van der Waals surface area contributed by atoms with Gasteiger partial charge in [-0.25, -0.2) is 0 Å². The van der Waals surface area contributed by atoms with E-state index < -0.39 is 0 Å². The number of nitrogens with zero attached hydrogens (tertiary/aromatic N) is 2. The maximum absolute atomic E-state index is 10.4. The Bertz CT molecular complexity index is 356. The highest BCUT2D eigenvalue weighted by atomic mass is 16.5. The van der Waals surface area contributed by atoms with Crippen LogP contribution >= 0.6 is 0 Å². The van der Waals surface area contributed by atoms with Crippen molar-refractivity contribution in [3.8, 4) is 0 Å². The van der Waals surface area contributed by atoms with E-state index in [1.807, 2.05) is 0 Å². The molecule has 0 unspecified atom stereocenters. The van der Waals surface area contributed by atoms with Crippen molar-refractivity contribution in [2.24, 2.45) is 11.1 Å². The van der Waals surface area contributed by atoms with Gasteiger partial charge in [-0.3, -0.25) is 4.79 Å². The second-order valence-corrected chi connectivity index (χ2v) is 4.61. The van der Waals surface area contributed by atoms with Crippen LogP contribution in [-0.4, -0.2) is 23.0 Å². The molecule has 0 radical (unpaired) electrons. The van der Waals surface area contributed by atoms with Crippen molar-refractivity contribution in [2.75, 3.05) is 6.54 Å². The topological polar surface area (TPSA) is 82.0 Å². The van der Waals surface area contributed by atoms with Gasteiger partial charge in [0, 0.05) is 6.42 Å². The number of aldehydes is 1. The Morgan fingerprint density at radius 2 is 2.12 bits per heavy atom. The Morgan fingerprint density at radius 3 is 2.69 bits per heavy atom. The van der Waals surface area contributed by atoms with E-state index in [1.165, 1.54) is 19.3 Å². The highest BCUT2D eigenvalue weighted by molar-refractivity contribution is 5.66. The molecule has 1 aliphatic carbocycles. The lowest BCUT2D eigenvalue weighted by Gasteiger charge is -2.35. The fraction of sp³-hybridized carbons (Fsp3) is 0.727. The third-order valence-electron chi connectivity index (χ3n) is 3.46. The first-order valence-corrected chi connectivity index (χ1v) is 5.76. The van der Waals surface area contributed by atoms with Gasteiger partial charge in [0.15, 0.2) is 5.82 Å². The Hall–Kier alpha value is -1.23. The van der Waals surface area contributed by atoms with E-state index in [4.69, 9.17) is 10.3 Å². The van der Waals surface area contributed by atoms with Gasteiger partial charge in [0.25, 0.3) is 5.89 Å². The van der Waals surface area contributed by atoms with Crippen LogP contribution in [-0.2, 0) is 6.42 Å². The maximum Gasteiger partial charge on any atom is 0.290 e. The lowest BCUT2D eigenvalue weighted by atomic mass is 9.72. The van der Waals surface area contributed by atoms with Crippen LogP contribution in [0.3, 0.4) is 0 Å². The normalized spacial score (nSPS) is 19.6. The predicted octanol–water partition coefficient (Wildman–Crippen LogP) is 1.33. The summed E-state index contributed by atoms with van der Waals surface area (Å²) in [5.74, 6) is 0.660. The van der Waals surface area contributed by atoms with Crippen LogP contribution in [0.15, 0.2) is 4.52 Å². The van der Waals surface area contributed by atoms with E-state index in [0.29, 0.717) is 18.7 Å². The number of nitrogens with two attached hydrogens (primary N) is 1. The largest absolute Gasteiger partial charge is 0.331 e. The predicted molar refractivity (Wildman–Crippen MR) is 58.0 cm³/mol. The number of rotatable bonds is 4. The molecule has 0 bridgehead atoms. The van der Waals surface area contributed by atoms with Crippen LogP contribution in [0.4, 0.5) is 0 Å². The molecule has 2 N–H and O–H groups in total. The molecule has 0 amide bonds. The van der Waals surface area contributed by atoms with E-state index in [-0.39, 0.29) is 11.3 Å². The van der Waals surface area contributed by atoms with Gasteiger partial charge in [-0.15, -0.1) is 0 Å². The number of carbonyl (C=O) groups excluding carboxylic acids is 1. The van der Waals surface area contributed by atoms with Crippen LogP contribution < -0.4 is 5.73 Å². The van der Waals surface area contributed by atoms with Crippen LogP contribution in [0.25, 0.3) is 0 Å². The van der Waals surface area contributed by atoms with Gasteiger partial charge < -0.3 is 10.3 Å². The Morgan fingerprint density at radius 1 is 1.38 bits per heavy atom. The quantitative estimate of drug-likeness (QED) is 0.779. The summed E-state index contributed by atoms with van der Waals surface area (Å²) in [5.41, 5.74) is 5.98. The van der Waals surface area contributed by atoms with Crippen molar-refractivity contribution in [1.82, 2.24) is 10.1 Å². The second kappa shape index (κ2) is 4.74. The molecule has 1 aromatic heterocycles. The van der Waals surface area contributed by atoms with E-state index >= 15 is 0 Å². The van der Waals surface area contributed by atoms with Gasteiger partial charge in [0.1, 0.15) is 0 Å². The van der Waals surface area contributed by atoms with Crippen molar-refractivity contribution in [2.45, 2.75) is 38.5 Å². The van der Waals surface area contributed by atoms with Gasteiger partial charge >= 0.3 is 0 Å². The highest BCUT2D eigenvalue weighted by Gasteiger charge is 2.32. The summed E-state index contributed by atoms with van der Waals surface area (Å²) in [5, 5.41) is 3.80. The summed E-state index contributed by atoms with van der Waals surface area (Å²) >= 11 is 0. The summed E-state index contributed by atoms with van der Waals surface area (Å²) < 4.78 is 4.77. The molecule has 16 heavy (non-hydrogen) atoms. The lowest BCUT2D eigenvalue weighted by molar-refractivity contribution is 0.108. The van der Waals surface area contributed by atoms with Gasteiger partial charge in [0.2, 0.25) is 6.29 Å². The first-order valence-electron chi connectivity index (χ1n) is 5.76. The van der Waals surface area contributed by atoms with Crippen molar-refractivity contribution in [3.05, 3.63) is 11.7 Å². The Balaban J connectivity index is 2.07. The number of carbonyl (C=O) groups is 1. The smallest absolute Gasteiger partial charge is 0.290 e. The van der Waals surface area contributed by atoms with Crippen LogP contribution in [0, 0.1) is 5.41 Å². The molecule has 5 heteroatoms. The highest BCUT2D eigenvalue weighted by Crippen LogP contribution is 2.37.